The Balaban J connectivity index is 1.94. The van der Waals surface area contributed by atoms with Crippen molar-refractivity contribution in [3.8, 4) is 0 Å². The second-order valence-electron chi connectivity index (χ2n) is 7.14. The quantitative estimate of drug-likeness (QED) is 0.931. The van der Waals surface area contributed by atoms with E-state index in [2.05, 4.69) is 30.5 Å². The number of fused-ring (bicyclic) bond motifs is 1. The van der Waals surface area contributed by atoms with Gasteiger partial charge in [-0.05, 0) is 51.9 Å². The number of nitrogens with two attached hydrogens (primary N) is 1. The molecule has 1 saturated carbocycles. The maximum Gasteiger partial charge on any atom is 0.130 e. The smallest absolute Gasteiger partial charge is 0.130 e. The summed E-state index contributed by atoms with van der Waals surface area (Å²) in [5.74, 6) is 2.24. The van der Waals surface area contributed by atoms with Crippen LogP contribution in [0.1, 0.15) is 56.7 Å². The van der Waals surface area contributed by atoms with Crippen molar-refractivity contribution in [1.29, 1.82) is 0 Å². The summed E-state index contributed by atoms with van der Waals surface area (Å²) in [6.07, 6.45) is 9.25. The number of nitrogens with zero attached hydrogens (tertiary/aromatic N) is 3. The fourth-order valence-corrected chi connectivity index (χ4v) is 4.50. The van der Waals surface area contributed by atoms with Crippen LogP contribution in [0.5, 0.6) is 0 Å². The fraction of sp³-hybridized carbons (Fsp3) is 0.824. The molecule has 4 nitrogen and oxygen atoms in total. The van der Waals surface area contributed by atoms with E-state index in [0.29, 0.717) is 0 Å². The summed E-state index contributed by atoms with van der Waals surface area (Å²) in [6, 6.07) is 0.924. The van der Waals surface area contributed by atoms with Gasteiger partial charge in [0.15, 0.2) is 0 Å². The van der Waals surface area contributed by atoms with Crippen LogP contribution in [0.15, 0.2) is 0 Å². The van der Waals surface area contributed by atoms with Crippen molar-refractivity contribution in [3.63, 3.8) is 0 Å². The number of anilines is 1. The van der Waals surface area contributed by atoms with Crippen molar-refractivity contribution in [2.24, 2.45) is 18.7 Å². The summed E-state index contributed by atoms with van der Waals surface area (Å²) in [4.78, 5) is 2.67. The number of hydrogen-bond donors (Lipinski definition) is 1. The standard InChI is InChI=1S/C17H30N4/c1-12(18)11-15-13(2)19-20(3)17(15)21-10-6-8-14-7-4-5-9-16(14)21/h12,14,16H,4-11,18H2,1-3H3/t12?,14-,16-/m1/s1. The number of piperidine rings is 1. The van der Waals surface area contributed by atoms with Crippen molar-refractivity contribution in [2.45, 2.75) is 70.9 Å². The molecule has 0 radical (unpaired) electrons. The number of hydrogen-bond acceptors (Lipinski definition) is 3. The molecule has 0 amide bonds. The molecule has 21 heavy (non-hydrogen) atoms. The summed E-state index contributed by atoms with van der Waals surface area (Å²) < 4.78 is 2.10. The summed E-state index contributed by atoms with van der Waals surface area (Å²) in [5.41, 5.74) is 8.61. The molecule has 118 valence electrons. The Morgan fingerprint density at radius 1 is 1.24 bits per heavy atom. The third-order valence-electron chi connectivity index (χ3n) is 5.35. The molecule has 1 aromatic heterocycles. The lowest BCUT2D eigenvalue weighted by Gasteiger charge is -2.45. The van der Waals surface area contributed by atoms with Crippen LogP contribution in [0.2, 0.25) is 0 Å². The highest BCUT2D eigenvalue weighted by Crippen LogP contribution is 2.39. The van der Waals surface area contributed by atoms with E-state index in [4.69, 9.17) is 10.8 Å². The topological polar surface area (TPSA) is 47.1 Å². The average Bonchev–Trinajstić information content (AvgIpc) is 2.72. The molecule has 1 aliphatic heterocycles. The minimum absolute atomic E-state index is 0.193. The highest BCUT2D eigenvalue weighted by molar-refractivity contribution is 5.52. The first-order chi connectivity index (χ1) is 10.1. The Labute approximate surface area is 128 Å². The van der Waals surface area contributed by atoms with Crippen LogP contribution in [0.3, 0.4) is 0 Å². The lowest BCUT2D eigenvalue weighted by Crippen LogP contribution is -2.48. The number of rotatable bonds is 3. The predicted molar refractivity (Wildman–Crippen MR) is 87.6 cm³/mol. The zero-order valence-corrected chi connectivity index (χ0v) is 13.8. The zero-order chi connectivity index (χ0) is 15.0. The van der Waals surface area contributed by atoms with E-state index in [-0.39, 0.29) is 6.04 Å². The van der Waals surface area contributed by atoms with Gasteiger partial charge < -0.3 is 10.6 Å². The third kappa shape index (κ3) is 2.83. The van der Waals surface area contributed by atoms with Crippen LogP contribution >= 0.6 is 0 Å². The van der Waals surface area contributed by atoms with Crippen LogP contribution in [0.25, 0.3) is 0 Å². The lowest BCUT2D eigenvalue weighted by atomic mass is 9.78. The predicted octanol–water partition coefficient (Wildman–Crippen LogP) is 2.78. The average molecular weight is 290 g/mol. The van der Waals surface area contributed by atoms with Crippen molar-refractivity contribution >= 4 is 5.82 Å². The van der Waals surface area contributed by atoms with Gasteiger partial charge >= 0.3 is 0 Å². The van der Waals surface area contributed by atoms with Crippen molar-refractivity contribution in [3.05, 3.63) is 11.3 Å². The minimum Gasteiger partial charge on any atom is -0.353 e. The zero-order valence-electron chi connectivity index (χ0n) is 13.8. The van der Waals surface area contributed by atoms with Crippen molar-refractivity contribution in [1.82, 2.24) is 9.78 Å². The van der Waals surface area contributed by atoms with Gasteiger partial charge in [0.25, 0.3) is 0 Å². The molecule has 2 N–H and O–H groups in total. The molecule has 1 aromatic rings. The van der Waals surface area contributed by atoms with Crippen molar-refractivity contribution in [2.75, 3.05) is 11.4 Å². The normalized spacial score (nSPS) is 27.5. The molecule has 0 spiro atoms. The molecule has 1 unspecified atom stereocenters. The molecule has 4 heteroatoms. The van der Waals surface area contributed by atoms with Gasteiger partial charge in [-0.1, -0.05) is 12.8 Å². The van der Waals surface area contributed by atoms with E-state index >= 15 is 0 Å². The molecule has 2 aliphatic rings. The first-order valence-electron chi connectivity index (χ1n) is 8.62. The molecule has 2 fully saturated rings. The van der Waals surface area contributed by atoms with Gasteiger partial charge in [-0.25, -0.2) is 0 Å². The molecule has 0 aromatic carbocycles. The summed E-state index contributed by atoms with van der Waals surface area (Å²) in [6.45, 7) is 5.41. The lowest BCUT2D eigenvalue weighted by molar-refractivity contribution is 0.241. The van der Waals surface area contributed by atoms with Crippen LogP contribution in [-0.4, -0.2) is 28.4 Å². The van der Waals surface area contributed by atoms with Gasteiger partial charge in [0, 0.05) is 31.2 Å². The first kappa shape index (κ1) is 14.9. The molecule has 2 heterocycles. The van der Waals surface area contributed by atoms with Crippen LogP contribution in [0.4, 0.5) is 5.82 Å². The second-order valence-corrected chi connectivity index (χ2v) is 7.14. The summed E-state index contributed by atoms with van der Waals surface area (Å²) in [7, 11) is 2.10. The van der Waals surface area contributed by atoms with E-state index in [1.807, 2.05) is 0 Å². The van der Waals surface area contributed by atoms with E-state index in [0.717, 1.165) is 24.1 Å². The van der Waals surface area contributed by atoms with Gasteiger partial charge in [-0.3, -0.25) is 4.68 Å². The van der Waals surface area contributed by atoms with Crippen molar-refractivity contribution < 1.29 is 0 Å². The van der Waals surface area contributed by atoms with E-state index in [1.54, 1.807) is 0 Å². The Hall–Kier alpha value is -1.03. The molecule has 3 rings (SSSR count). The summed E-state index contributed by atoms with van der Waals surface area (Å²) >= 11 is 0. The van der Waals surface area contributed by atoms with Crippen LogP contribution in [-0.2, 0) is 13.5 Å². The number of aromatic nitrogens is 2. The highest BCUT2D eigenvalue weighted by atomic mass is 15.4. The largest absolute Gasteiger partial charge is 0.353 e. The van der Waals surface area contributed by atoms with Crippen LogP contribution in [0, 0.1) is 12.8 Å². The Bertz CT molecular complexity index is 489. The highest BCUT2D eigenvalue weighted by Gasteiger charge is 2.35. The molecule has 0 bridgehead atoms. The Kier molecular flexibility index (Phi) is 4.25. The number of aryl methyl sites for hydroxylation is 2. The third-order valence-corrected chi connectivity index (χ3v) is 5.35. The fourth-order valence-electron chi connectivity index (χ4n) is 4.50. The first-order valence-corrected chi connectivity index (χ1v) is 8.62. The molecule has 1 saturated heterocycles. The van der Waals surface area contributed by atoms with Gasteiger partial charge in [0.1, 0.15) is 5.82 Å². The summed E-state index contributed by atoms with van der Waals surface area (Å²) in [5, 5.41) is 4.70. The Morgan fingerprint density at radius 3 is 2.71 bits per heavy atom. The van der Waals surface area contributed by atoms with Gasteiger partial charge in [0.2, 0.25) is 0 Å². The molecular weight excluding hydrogens is 260 g/mol. The molecule has 3 atom stereocenters. The van der Waals surface area contributed by atoms with E-state index in [1.165, 1.54) is 56.5 Å². The van der Waals surface area contributed by atoms with Gasteiger partial charge in [-0.2, -0.15) is 5.10 Å². The molecule has 1 aliphatic carbocycles. The molecular formula is C17H30N4. The van der Waals surface area contributed by atoms with E-state index < -0.39 is 0 Å². The Morgan fingerprint density at radius 2 is 1.95 bits per heavy atom. The van der Waals surface area contributed by atoms with Gasteiger partial charge in [-0.15, -0.1) is 0 Å². The van der Waals surface area contributed by atoms with Gasteiger partial charge in [0.05, 0.1) is 5.69 Å². The minimum atomic E-state index is 0.193. The maximum atomic E-state index is 6.08. The van der Waals surface area contributed by atoms with E-state index in [9.17, 15) is 0 Å². The maximum absolute atomic E-state index is 6.08. The van der Waals surface area contributed by atoms with Crippen LogP contribution < -0.4 is 10.6 Å². The second kappa shape index (κ2) is 5.99. The monoisotopic (exact) mass is 290 g/mol. The SMILES string of the molecule is Cc1nn(C)c(N2CCC[C@H]3CCCC[C@H]32)c1CC(C)N.